The molecule has 0 saturated heterocycles. The molecule has 2 aromatic rings. The lowest BCUT2D eigenvalue weighted by molar-refractivity contribution is -0.129. The molecule has 2 aromatic carbocycles. The van der Waals surface area contributed by atoms with Gasteiger partial charge in [-0.05, 0) is 48.6 Å². The highest BCUT2D eigenvalue weighted by molar-refractivity contribution is 5.81. The van der Waals surface area contributed by atoms with Crippen molar-refractivity contribution in [2.24, 2.45) is 5.92 Å². The molecule has 0 radical (unpaired) electrons. The molecule has 27 heavy (non-hydrogen) atoms. The number of methoxy groups -OCH3 is 1. The fourth-order valence-corrected chi connectivity index (χ4v) is 2.69. The highest BCUT2D eigenvalue weighted by atomic mass is 16.5. The van der Waals surface area contributed by atoms with E-state index in [-0.39, 0.29) is 11.8 Å². The number of carbonyl (C=O) groups is 1. The molecule has 1 N–H and O–H groups in total. The van der Waals surface area contributed by atoms with E-state index in [1.807, 2.05) is 38.1 Å². The van der Waals surface area contributed by atoms with Gasteiger partial charge >= 0.3 is 0 Å². The number of benzene rings is 2. The number of aryl methyl sites for hydroxylation is 1. The van der Waals surface area contributed by atoms with E-state index in [1.165, 1.54) is 5.56 Å². The van der Waals surface area contributed by atoms with Crippen LogP contribution < -0.4 is 14.8 Å². The predicted molar refractivity (Wildman–Crippen MR) is 105 cm³/mol. The molecule has 0 fully saturated rings. The van der Waals surface area contributed by atoms with E-state index in [1.54, 1.807) is 31.4 Å². The summed E-state index contributed by atoms with van der Waals surface area (Å²) in [4.78, 5) is 12.5. The number of para-hydroxylation sites is 1. The first-order valence-corrected chi connectivity index (χ1v) is 9.11. The fourth-order valence-electron chi connectivity index (χ4n) is 2.69. The van der Waals surface area contributed by atoms with Crippen molar-refractivity contribution in [3.05, 3.63) is 59.7 Å². The Morgan fingerprint density at radius 2 is 1.85 bits per heavy atom. The van der Waals surface area contributed by atoms with Crippen molar-refractivity contribution in [3.63, 3.8) is 0 Å². The standard InChI is InChI=1S/C22H26N2O3/c1-16(2)21(27-20-9-5-4-8-18(20)15-23)22(25)24-14-6-7-17-10-12-19(26-3)13-11-17/h4-5,8-13,16,21H,6-7,14H2,1-3H3,(H,24,25). The van der Waals surface area contributed by atoms with Gasteiger partial charge < -0.3 is 14.8 Å². The molecule has 0 aliphatic carbocycles. The van der Waals surface area contributed by atoms with Crippen molar-refractivity contribution >= 4 is 5.91 Å². The van der Waals surface area contributed by atoms with E-state index in [0.717, 1.165) is 18.6 Å². The smallest absolute Gasteiger partial charge is 0.261 e. The van der Waals surface area contributed by atoms with Crippen molar-refractivity contribution in [1.29, 1.82) is 5.26 Å². The van der Waals surface area contributed by atoms with E-state index < -0.39 is 6.10 Å². The monoisotopic (exact) mass is 366 g/mol. The summed E-state index contributed by atoms with van der Waals surface area (Å²) in [6, 6.07) is 17.0. The van der Waals surface area contributed by atoms with Crippen molar-refractivity contribution in [1.82, 2.24) is 5.32 Å². The Morgan fingerprint density at radius 1 is 1.15 bits per heavy atom. The average molecular weight is 366 g/mol. The molecule has 0 heterocycles. The van der Waals surface area contributed by atoms with Gasteiger partial charge in [0.15, 0.2) is 6.10 Å². The first-order valence-electron chi connectivity index (χ1n) is 9.11. The number of amides is 1. The molecule has 1 unspecified atom stereocenters. The number of hydrogen-bond acceptors (Lipinski definition) is 4. The Bertz CT molecular complexity index is 779. The minimum atomic E-state index is -0.638. The van der Waals surface area contributed by atoms with Crippen molar-refractivity contribution < 1.29 is 14.3 Å². The minimum absolute atomic E-state index is 0.0154. The van der Waals surface area contributed by atoms with Crippen molar-refractivity contribution in [2.45, 2.75) is 32.8 Å². The van der Waals surface area contributed by atoms with E-state index in [2.05, 4.69) is 11.4 Å². The number of nitrogens with one attached hydrogen (secondary N) is 1. The number of carbonyl (C=O) groups excluding carboxylic acids is 1. The summed E-state index contributed by atoms with van der Waals surface area (Å²) in [7, 11) is 1.65. The molecular formula is C22H26N2O3. The Kier molecular flexibility index (Phi) is 7.69. The summed E-state index contributed by atoms with van der Waals surface area (Å²) < 4.78 is 11.0. The molecule has 0 aliphatic rings. The molecule has 0 aromatic heterocycles. The predicted octanol–water partition coefficient (Wildman–Crippen LogP) is 3.72. The molecular weight excluding hydrogens is 340 g/mol. The lowest BCUT2D eigenvalue weighted by atomic mass is 10.1. The number of nitriles is 1. The lowest BCUT2D eigenvalue weighted by Gasteiger charge is -2.22. The molecule has 1 amide bonds. The molecule has 5 nitrogen and oxygen atoms in total. The average Bonchev–Trinajstić information content (AvgIpc) is 2.69. The zero-order chi connectivity index (χ0) is 19.6. The maximum Gasteiger partial charge on any atom is 0.261 e. The number of nitrogens with zero attached hydrogens (tertiary/aromatic N) is 1. The highest BCUT2D eigenvalue weighted by Gasteiger charge is 2.24. The number of rotatable bonds is 9. The van der Waals surface area contributed by atoms with E-state index >= 15 is 0 Å². The van der Waals surface area contributed by atoms with Gasteiger partial charge in [-0.2, -0.15) is 5.26 Å². The summed E-state index contributed by atoms with van der Waals surface area (Å²) in [5.74, 6) is 1.10. The third kappa shape index (κ3) is 6.03. The van der Waals surface area contributed by atoms with Gasteiger partial charge in [-0.1, -0.05) is 38.1 Å². The van der Waals surface area contributed by atoms with E-state index in [0.29, 0.717) is 17.9 Å². The third-order valence-corrected chi connectivity index (χ3v) is 4.23. The Morgan fingerprint density at radius 3 is 2.48 bits per heavy atom. The molecule has 5 heteroatoms. The van der Waals surface area contributed by atoms with Crippen molar-refractivity contribution in [2.75, 3.05) is 13.7 Å². The maximum atomic E-state index is 12.5. The second kappa shape index (κ2) is 10.2. The van der Waals surface area contributed by atoms with Gasteiger partial charge in [0.25, 0.3) is 5.91 Å². The van der Waals surface area contributed by atoms with Crippen LogP contribution in [0.1, 0.15) is 31.4 Å². The summed E-state index contributed by atoms with van der Waals surface area (Å²) in [6.07, 6.45) is 1.06. The van der Waals surface area contributed by atoms with Crippen LogP contribution in [0.15, 0.2) is 48.5 Å². The van der Waals surface area contributed by atoms with Crippen molar-refractivity contribution in [3.8, 4) is 17.6 Å². The Labute approximate surface area is 160 Å². The van der Waals surface area contributed by atoms with Crippen LogP contribution in [-0.2, 0) is 11.2 Å². The largest absolute Gasteiger partial charge is 0.497 e. The zero-order valence-corrected chi connectivity index (χ0v) is 16.1. The quantitative estimate of drug-likeness (QED) is 0.687. The molecule has 0 bridgehead atoms. The van der Waals surface area contributed by atoms with Crippen LogP contribution in [0, 0.1) is 17.2 Å². The summed E-state index contributed by atoms with van der Waals surface area (Å²) >= 11 is 0. The SMILES string of the molecule is COc1ccc(CCCNC(=O)C(Oc2ccccc2C#N)C(C)C)cc1. The van der Waals surface area contributed by atoms with Gasteiger partial charge in [0, 0.05) is 6.54 Å². The zero-order valence-electron chi connectivity index (χ0n) is 16.1. The topological polar surface area (TPSA) is 71.3 Å². The summed E-state index contributed by atoms with van der Waals surface area (Å²) in [6.45, 7) is 4.42. The highest BCUT2D eigenvalue weighted by Crippen LogP contribution is 2.21. The maximum absolute atomic E-state index is 12.5. The third-order valence-electron chi connectivity index (χ3n) is 4.23. The number of ether oxygens (including phenoxy) is 2. The van der Waals surface area contributed by atoms with Crippen LogP contribution in [0.4, 0.5) is 0 Å². The fraction of sp³-hybridized carbons (Fsp3) is 0.364. The molecule has 0 aliphatic heterocycles. The van der Waals surface area contributed by atoms with E-state index in [4.69, 9.17) is 9.47 Å². The normalized spacial score (nSPS) is 11.5. The van der Waals surface area contributed by atoms with Crippen LogP contribution in [0.5, 0.6) is 11.5 Å². The first-order chi connectivity index (χ1) is 13.0. The van der Waals surface area contributed by atoms with Gasteiger partial charge in [-0.3, -0.25) is 4.79 Å². The Balaban J connectivity index is 1.86. The molecule has 0 spiro atoms. The second-order valence-electron chi connectivity index (χ2n) is 6.63. The van der Waals surface area contributed by atoms with Gasteiger partial charge in [-0.25, -0.2) is 0 Å². The molecule has 2 rings (SSSR count). The van der Waals surface area contributed by atoms with Crippen LogP contribution in [0.3, 0.4) is 0 Å². The minimum Gasteiger partial charge on any atom is -0.497 e. The lowest BCUT2D eigenvalue weighted by Crippen LogP contribution is -2.42. The second-order valence-corrected chi connectivity index (χ2v) is 6.63. The van der Waals surface area contributed by atoms with Crippen LogP contribution in [0.25, 0.3) is 0 Å². The summed E-state index contributed by atoms with van der Waals surface area (Å²) in [5, 5.41) is 12.1. The van der Waals surface area contributed by atoms with Crippen LogP contribution >= 0.6 is 0 Å². The van der Waals surface area contributed by atoms with Crippen LogP contribution in [-0.4, -0.2) is 25.7 Å². The van der Waals surface area contributed by atoms with Gasteiger partial charge in [0.2, 0.25) is 0 Å². The number of hydrogen-bond donors (Lipinski definition) is 1. The van der Waals surface area contributed by atoms with E-state index in [9.17, 15) is 10.1 Å². The van der Waals surface area contributed by atoms with Crippen LogP contribution in [0.2, 0.25) is 0 Å². The molecule has 142 valence electrons. The molecule has 1 atom stereocenters. The summed E-state index contributed by atoms with van der Waals surface area (Å²) in [5.41, 5.74) is 1.63. The molecule has 0 saturated carbocycles. The van der Waals surface area contributed by atoms with Gasteiger partial charge in [0.1, 0.15) is 17.6 Å². The van der Waals surface area contributed by atoms with Gasteiger partial charge in [-0.15, -0.1) is 0 Å². The first kappa shape index (κ1) is 20.3. The van der Waals surface area contributed by atoms with Gasteiger partial charge in [0.05, 0.1) is 12.7 Å². The Hall–Kier alpha value is -3.00.